The van der Waals surface area contributed by atoms with Gasteiger partial charge in [0.2, 0.25) is 10.0 Å². The van der Waals surface area contributed by atoms with Crippen molar-refractivity contribution in [1.29, 1.82) is 0 Å². The van der Waals surface area contributed by atoms with Gasteiger partial charge in [0.15, 0.2) is 0 Å². The summed E-state index contributed by atoms with van der Waals surface area (Å²) in [4.78, 5) is 0.0504. The van der Waals surface area contributed by atoms with Crippen molar-refractivity contribution in [1.82, 2.24) is 4.72 Å². The van der Waals surface area contributed by atoms with Crippen LogP contribution in [0.25, 0.3) is 0 Å². The Balaban J connectivity index is 1.65. The first-order valence-electron chi connectivity index (χ1n) is 10.0. The van der Waals surface area contributed by atoms with Gasteiger partial charge in [-0.3, -0.25) is 0 Å². The number of anilines is 1. The monoisotopic (exact) mass is 546 g/mol. The molecule has 2 aromatic rings. The lowest BCUT2D eigenvalue weighted by atomic mass is 9.68. The van der Waals surface area contributed by atoms with Gasteiger partial charge in [0.1, 0.15) is 5.82 Å². The molecule has 0 saturated heterocycles. The van der Waals surface area contributed by atoms with Crippen molar-refractivity contribution >= 4 is 54.8 Å². The van der Waals surface area contributed by atoms with Crippen LogP contribution in [0.3, 0.4) is 0 Å². The number of hydrogen-bond acceptors (Lipinski definition) is 3. The average molecular weight is 548 g/mol. The van der Waals surface area contributed by atoms with Crippen molar-refractivity contribution in [2.75, 3.05) is 11.9 Å². The third-order valence-electron chi connectivity index (χ3n) is 6.31. The quantitative estimate of drug-likeness (QED) is 0.424. The largest absolute Gasteiger partial charge is 0.378 e. The molecule has 2 aliphatic rings. The minimum Gasteiger partial charge on any atom is -0.378 e. The van der Waals surface area contributed by atoms with E-state index in [0.717, 1.165) is 36.8 Å². The van der Waals surface area contributed by atoms with E-state index < -0.39 is 15.4 Å². The van der Waals surface area contributed by atoms with Gasteiger partial charge in [-0.05, 0) is 61.6 Å². The summed E-state index contributed by atoms with van der Waals surface area (Å²) in [6.07, 6.45) is 4.17. The van der Waals surface area contributed by atoms with Crippen LogP contribution in [-0.4, -0.2) is 21.0 Å². The Morgan fingerprint density at radius 3 is 2.74 bits per heavy atom. The van der Waals surface area contributed by atoms with Crippen LogP contribution < -0.4 is 10.0 Å². The van der Waals surface area contributed by atoms with Crippen molar-refractivity contribution in [3.05, 3.63) is 68.4 Å². The molecule has 1 heterocycles. The minimum atomic E-state index is -3.78. The van der Waals surface area contributed by atoms with E-state index in [1.54, 1.807) is 0 Å². The molecule has 2 aromatic carbocycles. The van der Waals surface area contributed by atoms with Crippen LogP contribution >= 0.6 is 39.1 Å². The number of sulfonamides is 1. The molecule has 31 heavy (non-hydrogen) atoms. The fourth-order valence-electron chi connectivity index (χ4n) is 4.82. The van der Waals surface area contributed by atoms with E-state index in [-0.39, 0.29) is 28.3 Å². The number of halogens is 4. The standard InChI is InChI=1S/C22H22BrCl2FN2O2S/c1-13-4-2-3-5-20-22(13,16-10-14(23)11-19(26)21(16)28-20)8-9-27-31(29,30)15-6-7-17(24)18(25)12-15/h6-7,10-12,20,27-28H,1-5,8-9H2. The second kappa shape index (κ2) is 8.67. The van der Waals surface area contributed by atoms with E-state index in [4.69, 9.17) is 23.2 Å². The van der Waals surface area contributed by atoms with Gasteiger partial charge in [-0.15, -0.1) is 0 Å². The first kappa shape index (κ1) is 23.1. The number of nitrogens with one attached hydrogen (secondary N) is 2. The number of fused-ring (bicyclic) bond motifs is 3. The van der Waals surface area contributed by atoms with Gasteiger partial charge in [-0.1, -0.05) is 57.7 Å². The molecule has 1 fully saturated rings. The van der Waals surface area contributed by atoms with Crippen LogP contribution in [0.4, 0.5) is 10.1 Å². The molecule has 0 aromatic heterocycles. The molecule has 9 heteroatoms. The fourth-order valence-corrected chi connectivity index (χ4v) is 6.67. The van der Waals surface area contributed by atoms with Crippen LogP contribution in [0.15, 0.2) is 51.9 Å². The Morgan fingerprint density at radius 1 is 1.23 bits per heavy atom. The highest BCUT2D eigenvalue weighted by Gasteiger charge is 2.50. The fraction of sp³-hybridized carbons (Fsp3) is 0.364. The highest BCUT2D eigenvalue weighted by atomic mass is 79.9. The van der Waals surface area contributed by atoms with Gasteiger partial charge in [0.05, 0.1) is 20.6 Å². The second-order valence-electron chi connectivity index (χ2n) is 8.05. The molecular formula is C22H22BrCl2FN2O2S. The van der Waals surface area contributed by atoms with Crippen molar-refractivity contribution in [2.24, 2.45) is 0 Å². The van der Waals surface area contributed by atoms with E-state index in [2.05, 4.69) is 32.5 Å². The van der Waals surface area contributed by atoms with Gasteiger partial charge >= 0.3 is 0 Å². The maximum atomic E-state index is 14.7. The summed E-state index contributed by atoms with van der Waals surface area (Å²) in [5, 5.41) is 3.84. The van der Waals surface area contributed by atoms with Gasteiger partial charge in [-0.2, -0.15) is 0 Å². The molecule has 1 aliphatic heterocycles. The molecule has 4 rings (SSSR count). The first-order chi connectivity index (χ1) is 14.6. The lowest BCUT2D eigenvalue weighted by Crippen LogP contribution is -2.42. The molecular weight excluding hydrogens is 526 g/mol. The summed E-state index contributed by atoms with van der Waals surface area (Å²) in [5.74, 6) is -0.319. The summed E-state index contributed by atoms with van der Waals surface area (Å²) >= 11 is 15.3. The van der Waals surface area contributed by atoms with E-state index in [1.165, 1.54) is 24.3 Å². The predicted molar refractivity (Wildman–Crippen MR) is 127 cm³/mol. The zero-order chi connectivity index (χ0) is 22.4. The van der Waals surface area contributed by atoms with Crippen LogP contribution in [0, 0.1) is 5.82 Å². The van der Waals surface area contributed by atoms with E-state index in [0.29, 0.717) is 21.6 Å². The molecule has 0 bridgehead atoms. The Morgan fingerprint density at radius 2 is 2.00 bits per heavy atom. The number of hydrogen-bond donors (Lipinski definition) is 2. The van der Waals surface area contributed by atoms with Crippen LogP contribution in [-0.2, 0) is 15.4 Å². The van der Waals surface area contributed by atoms with Crippen LogP contribution in [0.1, 0.15) is 37.7 Å². The van der Waals surface area contributed by atoms with E-state index >= 15 is 0 Å². The normalized spacial score (nSPS) is 23.1. The molecule has 0 spiro atoms. The molecule has 0 amide bonds. The summed E-state index contributed by atoms with van der Waals surface area (Å²) in [6, 6.07) is 7.54. The lowest BCUT2D eigenvalue weighted by molar-refractivity contribution is 0.404. The van der Waals surface area contributed by atoms with Crippen molar-refractivity contribution in [3.8, 4) is 0 Å². The van der Waals surface area contributed by atoms with Crippen molar-refractivity contribution in [2.45, 2.75) is 48.5 Å². The summed E-state index contributed by atoms with van der Waals surface area (Å²) in [5.41, 5.74) is 1.79. The highest BCUT2D eigenvalue weighted by Crippen LogP contribution is 2.53. The smallest absolute Gasteiger partial charge is 0.240 e. The third kappa shape index (κ3) is 4.15. The molecule has 2 atom stereocenters. The van der Waals surface area contributed by atoms with Gasteiger partial charge in [0, 0.05) is 22.5 Å². The molecule has 1 saturated carbocycles. The Kier molecular flexibility index (Phi) is 6.45. The molecule has 4 nitrogen and oxygen atoms in total. The van der Waals surface area contributed by atoms with Gasteiger partial charge < -0.3 is 5.32 Å². The summed E-state index contributed by atoms with van der Waals surface area (Å²) in [7, 11) is -3.78. The van der Waals surface area contributed by atoms with Crippen LogP contribution in [0.2, 0.25) is 10.0 Å². The van der Waals surface area contributed by atoms with Crippen molar-refractivity contribution < 1.29 is 12.8 Å². The average Bonchev–Trinajstić information content (AvgIpc) is 2.92. The van der Waals surface area contributed by atoms with Crippen molar-refractivity contribution in [3.63, 3.8) is 0 Å². The van der Waals surface area contributed by atoms with Gasteiger partial charge in [-0.25, -0.2) is 17.5 Å². The third-order valence-corrected chi connectivity index (χ3v) is 8.97. The molecule has 2 N–H and O–H groups in total. The topological polar surface area (TPSA) is 58.2 Å². The zero-order valence-electron chi connectivity index (χ0n) is 16.7. The Labute approximate surface area is 200 Å². The predicted octanol–water partition coefficient (Wildman–Crippen LogP) is 6.43. The highest BCUT2D eigenvalue weighted by molar-refractivity contribution is 9.10. The molecule has 0 radical (unpaired) electrons. The maximum Gasteiger partial charge on any atom is 0.240 e. The lowest BCUT2D eigenvalue weighted by Gasteiger charge is -2.37. The molecule has 2 unspecified atom stereocenters. The maximum absolute atomic E-state index is 14.7. The molecule has 1 aliphatic carbocycles. The number of rotatable bonds is 5. The molecule has 166 valence electrons. The minimum absolute atomic E-state index is 0.0317. The number of benzene rings is 2. The van der Waals surface area contributed by atoms with E-state index in [9.17, 15) is 12.8 Å². The zero-order valence-corrected chi connectivity index (χ0v) is 20.6. The van der Waals surface area contributed by atoms with E-state index in [1.807, 2.05) is 6.07 Å². The van der Waals surface area contributed by atoms with Crippen LogP contribution in [0.5, 0.6) is 0 Å². The summed E-state index contributed by atoms with van der Waals surface area (Å²) in [6.45, 7) is 4.53. The summed E-state index contributed by atoms with van der Waals surface area (Å²) < 4.78 is 43.7. The van der Waals surface area contributed by atoms with Gasteiger partial charge in [0.25, 0.3) is 0 Å². The SMILES string of the molecule is C=C1CCCCC2Nc3c(F)cc(Br)cc3C12CCNS(=O)(=O)c1ccc(Cl)c(Cl)c1. The Hall–Kier alpha value is -1.12. The Bertz CT molecular complexity index is 1160. The second-order valence-corrected chi connectivity index (χ2v) is 11.5. The first-order valence-corrected chi connectivity index (χ1v) is 13.1.